The molecule has 1 aromatic heterocycles. The highest BCUT2D eigenvalue weighted by Crippen LogP contribution is 2.12. The number of hydrogen-bond acceptors (Lipinski definition) is 0. The van der Waals surface area contributed by atoms with Crippen LogP contribution in [-0.4, -0.2) is 4.57 Å². The van der Waals surface area contributed by atoms with E-state index >= 15 is 0 Å². The molecular formula is C12H20ClN. The number of aryl methyl sites for hydroxylation is 1. The number of nitrogens with zero attached hydrogens (tertiary/aromatic N) is 1. The largest absolute Gasteiger partial charge is 0.339 e. The van der Waals surface area contributed by atoms with Gasteiger partial charge in [0.1, 0.15) is 5.15 Å². The summed E-state index contributed by atoms with van der Waals surface area (Å²) in [6, 6.07) is 3.94. The first-order chi connectivity index (χ1) is 6.84. The van der Waals surface area contributed by atoms with Gasteiger partial charge < -0.3 is 4.57 Å². The first kappa shape index (κ1) is 11.6. The average molecular weight is 214 g/mol. The van der Waals surface area contributed by atoms with Crippen LogP contribution in [0.1, 0.15) is 45.4 Å². The minimum absolute atomic E-state index is 0.860. The SMILES string of the molecule is CCCCCCCCn1cccc1Cl. The molecule has 1 aromatic rings. The molecule has 0 amide bonds. The van der Waals surface area contributed by atoms with Crippen LogP contribution < -0.4 is 0 Å². The number of aromatic nitrogens is 1. The van der Waals surface area contributed by atoms with Gasteiger partial charge in [-0.25, -0.2) is 0 Å². The first-order valence-corrected chi connectivity index (χ1v) is 6.03. The van der Waals surface area contributed by atoms with E-state index in [4.69, 9.17) is 11.6 Å². The lowest BCUT2D eigenvalue weighted by Crippen LogP contribution is -1.95. The van der Waals surface area contributed by atoms with Gasteiger partial charge in [-0.1, -0.05) is 50.6 Å². The lowest BCUT2D eigenvalue weighted by Gasteiger charge is -2.04. The minimum Gasteiger partial charge on any atom is -0.339 e. The molecule has 0 aliphatic carbocycles. The Morgan fingerprint density at radius 1 is 1.14 bits per heavy atom. The summed E-state index contributed by atoms with van der Waals surface area (Å²) < 4.78 is 2.11. The maximum absolute atomic E-state index is 5.97. The summed E-state index contributed by atoms with van der Waals surface area (Å²) in [4.78, 5) is 0. The van der Waals surface area contributed by atoms with Gasteiger partial charge in [-0.05, 0) is 18.6 Å². The molecule has 0 saturated carbocycles. The van der Waals surface area contributed by atoms with Crippen molar-refractivity contribution in [2.75, 3.05) is 0 Å². The number of hydrogen-bond donors (Lipinski definition) is 0. The molecule has 0 fully saturated rings. The molecule has 1 heterocycles. The van der Waals surface area contributed by atoms with E-state index in [2.05, 4.69) is 11.5 Å². The standard InChI is InChI=1S/C12H20ClN/c1-2-3-4-5-6-7-10-14-11-8-9-12(14)13/h8-9,11H,2-7,10H2,1H3. The van der Waals surface area contributed by atoms with E-state index in [-0.39, 0.29) is 0 Å². The molecule has 0 atom stereocenters. The fourth-order valence-electron chi connectivity index (χ4n) is 1.64. The zero-order valence-corrected chi connectivity index (χ0v) is 9.76. The summed E-state index contributed by atoms with van der Waals surface area (Å²) in [5.74, 6) is 0. The molecule has 0 radical (unpaired) electrons. The molecule has 80 valence electrons. The Morgan fingerprint density at radius 2 is 1.86 bits per heavy atom. The van der Waals surface area contributed by atoms with Crippen LogP contribution in [0.3, 0.4) is 0 Å². The highest BCUT2D eigenvalue weighted by atomic mass is 35.5. The molecule has 0 bridgehead atoms. The molecule has 14 heavy (non-hydrogen) atoms. The van der Waals surface area contributed by atoms with Crippen LogP contribution >= 0.6 is 11.6 Å². The minimum atomic E-state index is 0.860. The Bertz CT molecular complexity index is 242. The Morgan fingerprint density at radius 3 is 2.50 bits per heavy atom. The molecule has 0 aromatic carbocycles. The Kier molecular flexibility index (Phi) is 5.77. The first-order valence-electron chi connectivity index (χ1n) is 5.65. The molecule has 0 saturated heterocycles. The van der Waals surface area contributed by atoms with Crippen molar-refractivity contribution in [1.29, 1.82) is 0 Å². The van der Waals surface area contributed by atoms with E-state index in [0.717, 1.165) is 11.7 Å². The molecule has 0 N–H and O–H groups in total. The van der Waals surface area contributed by atoms with E-state index in [0.29, 0.717) is 0 Å². The van der Waals surface area contributed by atoms with Crippen LogP contribution in [0.5, 0.6) is 0 Å². The number of halogens is 1. The molecule has 0 aliphatic rings. The molecule has 0 spiro atoms. The van der Waals surface area contributed by atoms with Gasteiger partial charge in [-0.15, -0.1) is 0 Å². The predicted octanol–water partition coefficient (Wildman–Crippen LogP) is 4.50. The summed E-state index contributed by atoms with van der Waals surface area (Å²) in [5, 5.41) is 0.860. The third kappa shape index (κ3) is 4.19. The van der Waals surface area contributed by atoms with Gasteiger partial charge in [0.25, 0.3) is 0 Å². The van der Waals surface area contributed by atoms with Gasteiger partial charge in [0, 0.05) is 12.7 Å². The fraction of sp³-hybridized carbons (Fsp3) is 0.667. The Hall–Kier alpha value is -0.430. The summed E-state index contributed by atoms with van der Waals surface area (Å²) in [6.07, 6.45) is 10.1. The van der Waals surface area contributed by atoms with Gasteiger partial charge >= 0.3 is 0 Å². The zero-order valence-electron chi connectivity index (χ0n) is 9.01. The number of unbranched alkanes of at least 4 members (excludes halogenated alkanes) is 5. The molecule has 0 unspecified atom stereocenters. The van der Waals surface area contributed by atoms with Crippen molar-refractivity contribution in [3.05, 3.63) is 23.5 Å². The summed E-state index contributed by atoms with van der Waals surface area (Å²) in [7, 11) is 0. The maximum Gasteiger partial charge on any atom is 0.108 e. The highest BCUT2D eigenvalue weighted by Gasteiger charge is 1.96. The van der Waals surface area contributed by atoms with Gasteiger partial charge in [-0.2, -0.15) is 0 Å². The number of rotatable bonds is 7. The van der Waals surface area contributed by atoms with Gasteiger partial charge in [-0.3, -0.25) is 0 Å². The monoisotopic (exact) mass is 213 g/mol. The van der Waals surface area contributed by atoms with Crippen molar-refractivity contribution in [2.24, 2.45) is 0 Å². The molecule has 1 nitrogen and oxygen atoms in total. The van der Waals surface area contributed by atoms with Gasteiger partial charge in [0.2, 0.25) is 0 Å². The third-order valence-electron chi connectivity index (χ3n) is 2.53. The van der Waals surface area contributed by atoms with Crippen molar-refractivity contribution in [3.63, 3.8) is 0 Å². The average Bonchev–Trinajstić information content (AvgIpc) is 2.58. The van der Waals surface area contributed by atoms with Crippen molar-refractivity contribution >= 4 is 11.6 Å². The van der Waals surface area contributed by atoms with Crippen LogP contribution in [-0.2, 0) is 6.54 Å². The summed E-state index contributed by atoms with van der Waals surface area (Å²) in [5.41, 5.74) is 0. The van der Waals surface area contributed by atoms with Crippen LogP contribution in [0.25, 0.3) is 0 Å². The lowest BCUT2D eigenvalue weighted by molar-refractivity contribution is 0.559. The normalized spacial score (nSPS) is 10.7. The van der Waals surface area contributed by atoms with Crippen LogP contribution in [0.2, 0.25) is 5.15 Å². The van der Waals surface area contributed by atoms with Crippen molar-refractivity contribution < 1.29 is 0 Å². The predicted molar refractivity (Wildman–Crippen MR) is 62.8 cm³/mol. The second-order valence-electron chi connectivity index (χ2n) is 3.79. The molecular weight excluding hydrogens is 194 g/mol. The van der Waals surface area contributed by atoms with Crippen molar-refractivity contribution in [3.8, 4) is 0 Å². The quantitative estimate of drug-likeness (QED) is 0.588. The van der Waals surface area contributed by atoms with Crippen molar-refractivity contribution in [1.82, 2.24) is 4.57 Å². The van der Waals surface area contributed by atoms with Gasteiger partial charge in [0.05, 0.1) is 0 Å². The molecule has 0 aliphatic heterocycles. The fourth-order valence-corrected chi connectivity index (χ4v) is 1.85. The van der Waals surface area contributed by atoms with E-state index in [1.165, 1.54) is 38.5 Å². The van der Waals surface area contributed by atoms with Crippen LogP contribution in [0, 0.1) is 0 Å². The van der Waals surface area contributed by atoms with E-state index in [9.17, 15) is 0 Å². The maximum atomic E-state index is 5.97. The topological polar surface area (TPSA) is 4.93 Å². The van der Waals surface area contributed by atoms with E-state index in [1.807, 2.05) is 18.3 Å². The summed E-state index contributed by atoms with van der Waals surface area (Å²) in [6.45, 7) is 3.32. The van der Waals surface area contributed by atoms with Crippen molar-refractivity contribution in [2.45, 2.75) is 52.0 Å². The second kappa shape index (κ2) is 6.94. The molecule has 2 heteroatoms. The van der Waals surface area contributed by atoms with E-state index < -0.39 is 0 Å². The highest BCUT2D eigenvalue weighted by molar-refractivity contribution is 6.29. The smallest absolute Gasteiger partial charge is 0.108 e. The van der Waals surface area contributed by atoms with Gasteiger partial charge in [0.15, 0.2) is 0 Å². The van der Waals surface area contributed by atoms with Crippen LogP contribution in [0.15, 0.2) is 18.3 Å². The lowest BCUT2D eigenvalue weighted by atomic mass is 10.1. The Labute approximate surface area is 92.1 Å². The zero-order chi connectivity index (χ0) is 10.2. The third-order valence-corrected chi connectivity index (χ3v) is 2.87. The summed E-state index contributed by atoms with van der Waals surface area (Å²) >= 11 is 5.97. The molecule has 1 rings (SSSR count). The van der Waals surface area contributed by atoms with Crippen LogP contribution in [0.4, 0.5) is 0 Å². The second-order valence-corrected chi connectivity index (χ2v) is 4.18. The Balaban J connectivity index is 2.02. The van der Waals surface area contributed by atoms with E-state index in [1.54, 1.807) is 0 Å².